The Morgan fingerprint density at radius 3 is 2.29 bits per heavy atom. The summed E-state index contributed by atoms with van der Waals surface area (Å²) in [5.41, 5.74) is 6.21. The van der Waals surface area contributed by atoms with Crippen LogP contribution in [0.5, 0.6) is 0 Å². The minimum Gasteiger partial charge on any atom is -0.367 e. The third-order valence-electron chi connectivity index (χ3n) is 1.99. The van der Waals surface area contributed by atoms with Gasteiger partial charge in [-0.2, -0.15) is 13.4 Å². The van der Waals surface area contributed by atoms with E-state index in [1.165, 1.54) is 19.2 Å². The molecule has 2 N–H and O–H groups in total. The van der Waals surface area contributed by atoms with Gasteiger partial charge in [-0.3, -0.25) is 0 Å². The van der Waals surface area contributed by atoms with E-state index in [1.807, 2.05) is 6.92 Å². The van der Waals surface area contributed by atoms with Crippen molar-refractivity contribution >= 4 is 16.0 Å². The molecule has 0 heterocycles. The average molecular weight is 256 g/mol. The first-order valence-corrected chi connectivity index (χ1v) is 6.05. The van der Waals surface area contributed by atoms with Crippen LogP contribution < -0.4 is 5.73 Å². The summed E-state index contributed by atoms with van der Waals surface area (Å²) in [5.74, 6) is -0.486. The molecule has 0 saturated heterocycles. The zero-order valence-electron chi connectivity index (χ0n) is 9.36. The lowest BCUT2D eigenvalue weighted by Gasteiger charge is -2.06. The fourth-order valence-corrected chi connectivity index (χ4v) is 1.94. The Balaban J connectivity index is 3.12. The zero-order valence-corrected chi connectivity index (χ0v) is 10.2. The van der Waals surface area contributed by atoms with E-state index in [2.05, 4.69) is 9.68 Å². The molecule has 0 radical (unpaired) electrons. The smallest absolute Gasteiger partial charge is 0.285 e. The van der Waals surface area contributed by atoms with Gasteiger partial charge in [-0.05, 0) is 19.1 Å². The van der Waals surface area contributed by atoms with Crippen molar-refractivity contribution in [1.82, 2.24) is 5.01 Å². The number of nitrogens with zero attached hydrogens (tertiary/aromatic N) is 3. The number of guanidine groups is 1. The summed E-state index contributed by atoms with van der Waals surface area (Å²) in [6.07, 6.45) is 0. The lowest BCUT2D eigenvalue weighted by atomic mass is 10.2. The molecule has 0 aliphatic carbocycles. The van der Waals surface area contributed by atoms with Crippen LogP contribution in [0.15, 0.2) is 38.8 Å². The highest BCUT2D eigenvalue weighted by Gasteiger charge is 2.14. The Labute approximate surface area is 98.9 Å². The number of hydrogen-bond donors (Lipinski definition) is 1. The van der Waals surface area contributed by atoms with Crippen molar-refractivity contribution in [2.45, 2.75) is 11.8 Å². The van der Waals surface area contributed by atoms with Crippen molar-refractivity contribution in [3.8, 4) is 0 Å². The third-order valence-corrected chi connectivity index (χ3v) is 3.28. The molecular weight excluding hydrogens is 244 g/mol. The quantitative estimate of drug-likeness (QED) is 0.369. The van der Waals surface area contributed by atoms with Gasteiger partial charge in [0.15, 0.2) is 0 Å². The van der Waals surface area contributed by atoms with Gasteiger partial charge >= 0.3 is 0 Å². The second-order valence-corrected chi connectivity index (χ2v) is 4.95. The Morgan fingerprint density at radius 2 is 1.82 bits per heavy atom. The van der Waals surface area contributed by atoms with Crippen molar-refractivity contribution in [3.63, 3.8) is 0 Å². The average Bonchev–Trinajstić information content (AvgIpc) is 2.27. The zero-order chi connectivity index (χ0) is 13.1. The number of rotatable bonds is 3. The minimum atomic E-state index is -3.91. The van der Waals surface area contributed by atoms with E-state index in [1.54, 1.807) is 12.1 Å². The molecule has 1 aromatic rings. The summed E-state index contributed by atoms with van der Waals surface area (Å²) in [6.45, 7) is 1.83. The Morgan fingerprint density at radius 1 is 1.29 bits per heavy atom. The molecule has 0 aliphatic heterocycles. The van der Waals surface area contributed by atoms with E-state index in [0.717, 1.165) is 5.56 Å². The maximum absolute atomic E-state index is 11.7. The maximum Gasteiger partial charge on any atom is 0.285 e. The number of aryl methyl sites for hydroxylation is 1. The van der Waals surface area contributed by atoms with Crippen LogP contribution in [0.25, 0.3) is 0 Å². The fraction of sp³-hybridized carbons (Fsp3) is 0.222. The van der Waals surface area contributed by atoms with Crippen LogP contribution in [0.1, 0.15) is 5.56 Å². The summed E-state index contributed by atoms with van der Waals surface area (Å²) in [5, 5.41) is 3.07. The second-order valence-electron chi connectivity index (χ2n) is 3.34. The Hall–Kier alpha value is -1.96. The summed E-state index contributed by atoms with van der Waals surface area (Å²) in [4.78, 5) is 10.1. The van der Waals surface area contributed by atoms with E-state index >= 15 is 0 Å². The molecule has 0 saturated carbocycles. The van der Waals surface area contributed by atoms with Crippen molar-refractivity contribution in [3.05, 3.63) is 34.7 Å². The highest BCUT2D eigenvalue weighted by molar-refractivity contribution is 7.90. The molecule has 1 rings (SSSR count). The van der Waals surface area contributed by atoms with Crippen molar-refractivity contribution in [1.29, 1.82) is 0 Å². The lowest BCUT2D eigenvalue weighted by Crippen LogP contribution is -2.30. The molecule has 7 nitrogen and oxygen atoms in total. The molecule has 0 amide bonds. The van der Waals surface area contributed by atoms with Crippen LogP contribution in [-0.2, 0) is 10.0 Å². The van der Waals surface area contributed by atoms with Gasteiger partial charge in [0.2, 0.25) is 5.96 Å². The van der Waals surface area contributed by atoms with Gasteiger partial charge in [0.05, 0.1) is 10.2 Å². The van der Waals surface area contributed by atoms with Gasteiger partial charge in [0.25, 0.3) is 10.0 Å². The van der Waals surface area contributed by atoms with E-state index in [-0.39, 0.29) is 4.90 Å². The molecule has 0 bridgehead atoms. The van der Waals surface area contributed by atoms with Crippen molar-refractivity contribution in [2.75, 3.05) is 7.05 Å². The number of sulfonamides is 1. The van der Waals surface area contributed by atoms with Gasteiger partial charge in [-0.1, -0.05) is 17.7 Å². The van der Waals surface area contributed by atoms with Crippen LogP contribution in [0.4, 0.5) is 0 Å². The van der Waals surface area contributed by atoms with Gasteiger partial charge in [0.1, 0.15) is 0 Å². The SMILES string of the molecule is Cc1ccc(S(=O)(=O)/N=C(\N)N(C)N=O)cc1. The number of nitroso groups, excluding NO2 is 1. The van der Waals surface area contributed by atoms with Crippen LogP contribution in [0, 0.1) is 11.8 Å². The molecule has 17 heavy (non-hydrogen) atoms. The molecule has 0 unspecified atom stereocenters. The third kappa shape index (κ3) is 3.25. The summed E-state index contributed by atoms with van der Waals surface area (Å²) in [6, 6.07) is 6.10. The molecule has 0 fully saturated rings. The van der Waals surface area contributed by atoms with E-state index < -0.39 is 16.0 Å². The lowest BCUT2D eigenvalue weighted by molar-refractivity contribution is 0.529. The van der Waals surface area contributed by atoms with Crippen LogP contribution in [0.3, 0.4) is 0 Å². The van der Waals surface area contributed by atoms with E-state index in [0.29, 0.717) is 5.01 Å². The second kappa shape index (κ2) is 4.91. The summed E-state index contributed by atoms with van der Waals surface area (Å²) < 4.78 is 26.8. The predicted octanol–water partition coefficient (Wildman–Crippen LogP) is 0.612. The molecule has 0 spiro atoms. The van der Waals surface area contributed by atoms with Crippen LogP contribution in [0.2, 0.25) is 0 Å². The molecule has 8 heteroatoms. The maximum atomic E-state index is 11.7. The number of nitrogens with two attached hydrogens (primary N) is 1. The molecule has 0 atom stereocenters. The fourth-order valence-electron chi connectivity index (χ4n) is 0.987. The van der Waals surface area contributed by atoms with Crippen LogP contribution in [-0.4, -0.2) is 26.4 Å². The van der Waals surface area contributed by atoms with Gasteiger partial charge in [-0.25, -0.2) is 0 Å². The number of hydrogen-bond acceptors (Lipinski definition) is 4. The normalized spacial score (nSPS) is 12.2. The highest BCUT2D eigenvalue weighted by Crippen LogP contribution is 2.13. The van der Waals surface area contributed by atoms with Crippen molar-refractivity contribution in [2.24, 2.45) is 15.4 Å². The predicted molar refractivity (Wildman–Crippen MR) is 63.5 cm³/mol. The van der Waals surface area contributed by atoms with Gasteiger partial charge in [-0.15, -0.1) is 9.30 Å². The molecule has 1 aromatic carbocycles. The Kier molecular flexibility index (Phi) is 3.79. The first-order chi connectivity index (χ1) is 7.86. The van der Waals surface area contributed by atoms with Gasteiger partial charge < -0.3 is 5.73 Å². The standard InChI is InChI=1S/C9H12N4O3S/c1-7-3-5-8(6-4-7)17(15,16)11-9(10)13(2)12-14/h3-6H,1-2H3,(H2,10,11). The topological polar surface area (TPSA) is 105 Å². The van der Waals surface area contributed by atoms with Crippen LogP contribution >= 0.6 is 0 Å². The first-order valence-electron chi connectivity index (χ1n) is 4.61. The Bertz CT molecular complexity index is 536. The van der Waals surface area contributed by atoms with E-state index in [9.17, 15) is 13.3 Å². The molecule has 0 aromatic heterocycles. The van der Waals surface area contributed by atoms with Gasteiger partial charge in [0, 0.05) is 7.05 Å². The molecular formula is C9H12N4O3S. The van der Waals surface area contributed by atoms with Crippen molar-refractivity contribution < 1.29 is 8.42 Å². The summed E-state index contributed by atoms with van der Waals surface area (Å²) >= 11 is 0. The molecule has 92 valence electrons. The monoisotopic (exact) mass is 256 g/mol. The first kappa shape index (κ1) is 13.1. The van der Waals surface area contributed by atoms with E-state index in [4.69, 9.17) is 5.73 Å². The molecule has 0 aliphatic rings. The summed E-state index contributed by atoms with van der Waals surface area (Å²) in [7, 11) is -2.70. The largest absolute Gasteiger partial charge is 0.367 e. The minimum absolute atomic E-state index is 0.00495. The number of benzene rings is 1. The highest BCUT2D eigenvalue weighted by atomic mass is 32.2.